The average molecular weight is 376 g/mol. The van der Waals surface area contributed by atoms with Gasteiger partial charge in [-0.1, -0.05) is 17.7 Å². The van der Waals surface area contributed by atoms with Gasteiger partial charge in [0.2, 0.25) is 11.8 Å². The fourth-order valence-corrected chi connectivity index (χ4v) is 2.93. The van der Waals surface area contributed by atoms with Crippen LogP contribution in [0.5, 0.6) is 0 Å². The van der Waals surface area contributed by atoms with E-state index in [4.69, 9.17) is 0 Å². The van der Waals surface area contributed by atoms with Gasteiger partial charge in [-0.15, -0.1) is 0 Å². The van der Waals surface area contributed by atoms with E-state index in [0.29, 0.717) is 12.1 Å². The van der Waals surface area contributed by atoms with Crippen LogP contribution in [0, 0.1) is 25.7 Å². The van der Waals surface area contributed by atoms with E-state index in [0.717, 1.165) is 23.3 Å². The Morgan fingerprint density at radius 2 is 1.52 bits per heavy atom. The molecule has 0 heterocycles. The lowest BCUT2D eigenvalue weighted by Gasteiger charge is -2.10. The minimum atomic E-state index is -4.42. The van der Waals surface area contributed by atoms with Crippen molar-refractivity contribution in [2.75, 3.05) is 10.6 Å². The first-order chi connectivity index (χ1) is 12.6. The Morgan fingerprint density at radius 1 is 0.926 bits per heavy atom. The molecule has 142 valence electrons. The van der Waals surface area contributed by atoms with Crippen molar-refractivity contribution in [1.29, 1.82) is 0 Å². The van der Waals surface area contributed by atoms with E-state index < -0.39 is 23.6 Å². The van der Waals surface area contributed by atoms with Crippen LogP contribution in [0.1, 0.15) is 23.1 Å². The summed E-state index contributed by atoms with van der Waals surface area (Å²) < 4.78 is 37.7. The first-order valence-corrected chi connectivity index (χ1v) is 8.51. The molecule has 2 N–H and O–H groups in total. The number of rotatable bonds is 4. The van der Waals surface area contributed by atoms with E-state index in [1.165, 1.54) is 12.1 Å². The van der Waals surface area contributed by atoms with Crippen LogP contribution in [0.2, 0.25) is 0 Å². The van der Waals surface area contributed by atoms with Crippen molar-refractivity contribution in [1.82, 2.24) is 0 Å². The lowest BCUT2D eigenvalue weighted by molar-refractivity contribution is -0.137. The number of halogens is 3. The molecule has 0 radical (unpaired) electrons. The van der Waals surface area contributed by atoms with E-state index in [1.807, 2.05) is 32.0 Å². The molecule has 7 heteroatoms. The number of benzene rings is 2. The van der Waals surface area contributed by atoms with Gasteiger partial charge in [0, 0.05) is 11.4 Å². The number of hydrogen-bond acceptors (Lipinski definition) is 2. The number of amides is 2. The molecule has 4 nitrogen and oxygen atoms in total. The van der Waals surface area contributed by atoms with E-state index in [1.54, 1.807) is 0 Å². The van der Waals surface area contributed by atoms with Crippen LogP contribution < -0.4 is 10.6 Å². The lowest BCUT2D eigenvalue weighted by Crippen LogP contribution is -2.21. The number of carbonyl (C=O) groups is 2. The highest BCUT2D eigenvalue weighted by atomic mass is 19.4. The van der Waals surface area contributed by atoms with Gasteiger partial charge in [0.05, 0.1) is 17.4 Å². The Kier molecular flexibility index (Phi) is 4.95. The Hall–Kier alpha value is -2.83. The number of carbonyl (C=O) groups excluding carboxylic acids is 2. The molecular weight excluding hydrogens is 357 g/mol. The molecule has 0 aromatic heterocycles. The molecule has 0 bridgehead atoms. The predicted molar refractivity (Wildman–Crippen MR) is 96.2 cm³/mol. The normalized spacial score (nSPS) is 18.7. The zero-order valence-electron chi connectivity index (χ0n) is 14.9. The Balaban J connectivity index is 1.56. The number of anilines is 2. The van der Waals surface area contributed by atoms with E-state index in [9.17, 15) is 22.8 Å². The van der Waals surface area contributed by atoms with Gasteiger partial charge in [0.15, 0.2) is 0 Å². The summed E-state index contributed by atoms with van der Waals surface area (Å²) >= 11 is 0. The van der Waals surface area contributed by atoms with Gasteiger partial charge in [0.1, 0.15) is 0 Å². The minimum Gasteiger partial charge on any atom is -0.326 e. The van der Waals surface area contributed by atoms with E-state index in [-0.39, 0.29) is 17.5 Å². The number of alkyl halides is 3. The maximum atomic E-state index is 12.6. The maximum Gasteiger partial charge on any atom is 0.416 e. The zero-order valence-corrected chi connectivity index (χ0v) is 14.9. The lowest BCUT2D eigenvalue weighted by atomic mass is 10.1. The van der Waals surface area contributed by atoms with Crippen molar-refractivity contribution in [2.24, 2.45) is 11.8 Å². The van der Waals surface area contributed by atoms with Crippen LogP contribution in [0.15, 0.2) is 42.5 Å². The van der Waals surface area contributed by atoms with Gasteiger partial charge in [-0.3, -0.25) is 9.59 Å². The second-order valence-electron chi connectivity index (χ2n) is 6.82. The highest BCUT2D eigenvalue weighted by Gasteiger charge is 2.48. The summed E-state index contributed by atoms with van der Waals surface area (Å²) in [6.45, 7) is 3.85. The molecule has 27 heavy (non-hydrogen) atoms. The third-order valence-corrected chi connectivity index (χ3v) is 4.58. The number of aryl methyl sites for hydroxylation is 2. The van der Waals surface area contributed by atoms with Crippen LogP contribution in [-0.4, -0.2) is 11.8 Å². The van der Waals surface area contributed by atoms with Gasteiger partial charge in [-0.2, -0.15) is 13.2 Å². The van der Waals surface area contributed by atoms with E-state index >= 15 is 0 Å². The number of nitrogens with one attached hydrogen (secondary N) is 2. The Bertz CT molecular complexity index is 876. The van der Waals surface area contributed by atoms with Crippen molar-refractivity contribution in [2.45, 2.75) is 26.4 Å². The average Bonchev–Trinajstić information content (AvgIpc) is 3.38. The quantitative estimate of drug-likeness (QED) is 0.823. The van der Waals surface area contributed by atoms with Crippen LogP contribution >= 0.6 is 0 Å². The second-order valence-corrected chi connectivity index (χ2v) is 6.82. The van der Waals surface area contributed by atoms with Gasteiger partial charge in [-0.25, -0.2) is 0 Å². The highest BCUT2D eigenvalue weighted by Crippen LogP contribution is 2.40. The third kappa shape index (κ3) is 4.48. The molecule has 2 atom stereocenters. The van der Waals surface area contributed by atoms with Crippen LogP contribution in [0.3, 0.4) is 0 Å². The standard InChI is InChI=1S/C20H19F3N2O2/c1-11-3-8-17(12(2)9-11)25-19(27)16-10-15(16)18(26)24-14-6-4-13(5-7-14)20(21,22)23/h3-9,15-16H,10H2,1-2H3,(H,24,26)(H,25,27). The van der Waals surface area contributed by atoms with Gasteiger partial charge >= 0.3 is 6.18 Å². The second kappa shape index (κ2) is 7.06. The van der Waals surface area contributed by atoms with Gasteiger partial charge < -0.3 is 10.6 Å². The molecule has 3 rings (SSSR count). The van der Waals surface area contributed by atoms with E-state index in [2.05, 4.69) is 10.6 Å². The van der Waals surface area contributed by atoms with Crippen molar-refractivity contribution in [3.8, 4) is 0 Å². The molecule has 1 saturated carbocycles. The fraction of sp³-hybridized carbons (Fsp3) is 0.300. The molecule has 0 aliphatic heterocycles. The molecule has 1 fully saturated rings. The van der Waals surface area contributed by atoms with Gasteiger partial charge in [-0.05, 0) is 56.2 Å². The summed E-state index contributed by atoms with van der Waals surface area (Å²) in [5, 5.41) is 5.39. The SMILES string of the molecule is Cc1ccc(NC(=O)C2CC2C(=O)Nc2ccc(C(F)(F)F)cc2)c(C)c1. The zero-order chi connectivity index (χ0) is 19.8. The Labute approximate surface area is 154 Å². The van der Waals surface area contributed by atoms with Crippen molar-refractivity contribution in [3.05, 3.63) is 59.2 Å². The first-order valence-electron chi connectivity index (χ1n) is 8.51. The van der Waals surface area contributed by atoms with Crippen molar-refractivity contribution < 1.29 is 22.8 Å². The summed E-state index contributed by atoms with van der Waals surface area (Å²) in [5.74, 6) is -1.50. The minimum absolute atomic E-state index is 0.227. The molecule has 2 unspecified atom stereocenters. The summed E-state index contributed by atoms with van der Waals surface area (Å²) in [7, 11) is 0. The molecular formula is C20H19F3N2O2. The molecule has 1 aliphatic carbocycles. The Morgan fingerprint density at radius 3 is 2.07 bits per heavy atom. The highest BCUT2D eigenvalue weighted by molar-refractivity contribution is 6.03. The van der Waals surface area contributed by atoms with Crippen LogP contribution in [0.4, 0.5) is 24.5 Å². The summed E-state index contributed by atoms with van der Waals surface area (Å²) in [5.41, 5.74) is 2.23. The smallest absolute Gasteiger partial charge is 0.326 e. The number of hydrogen-bond donors (Lipinski definition) is 2. The molecule has 2 amide bonds. The maximum absolute atomic E-state index is 12.6. The monoisotopic (exact) mass is 376 g/mol. The molecule has 2 aromatic carbocycles. The van der Waals surface area contributed by atoms with Crippen molar-refractivity contribution in [3.63, 3.8) is 0 Å². The largest absolute Gasteiger partial charge is 0.416 e. The summed E-state index contributed by atoms with van der Waals surface area (Å²) in [6.07, 6.45) is -4.00. The van der Waals surface area contributed by atoms with Gasteiger partial charge in [0.25, 0.3) is 0 Å². The molecule has 0 saturated heterocycles. The topological polar surface area (TPSA) is 58.2 Å². The molecule has 0 spiro atoms. The summed E-state index contributed by atoms with van der Waals surface area (Å²) in [4.78, 5) is 24.5. The van der Waals surface area contributed by atoms with Crippen LogP contribution in [0.25, 0.3) is 0 Å². The molecule has 2 aromatic rings. The summed E-state index contributed by atoms with van der Waals surface area (Å²) in [6, 6.07) is 9.89. The third-order valence-electron chi connectivity index (χ3n) is 4.58. The van der Waals surface area contributed by atoms with Crippen molar-refractivity contribution >= 4 is 23.2 Å². The molecule has 1 aliphatic rings. The predicted octanol–water partition coefficient (Wildman–Crippen LogP) is 4.54. The first kappa shape index (κ1) is 18.9. The van der Waals surface area contributed by atoms with Crippen LogP contribution in [-0.2, 0) is 15.8 Å². The fourth-order valence-electron chi connectivity index (χ4n) is 2.93.